The van der Waals surface area contributed by atoms with E-state index in [0.717, 1.165) is 11.4 Å². The van der Waals surface area contributed by atoms with Crippen LogP contribution in [-0.4, -0.2) is 41.9 Å². The van der Waals surface area contributed by atoms with E-state index in [9.17, 15) is 13.2 Å². The molecule has 1 aliphatic rings. The molecule has 0 aliphatic carbocycles. The summed E-state index contributed by atoms with van der Waals surface area (Å²) in [5.74, 6) is -0.590. The Morgan fingerprint density at radius 1 is 1.32 bits per heavy atom. The molecule has 1 aromatic heterocycles. The van der Waals surface area contributed by atoms with Crippen LogP contribution in [0.2, 0.25) is 0 Å². The Morgan fingerprint density at radius 2 is 2.08 bits per heavy atom. The molecule has 0 unspecified atom stereocenters. The summed E-state index contributed by atoms with van der Waals surface area (Å²) in [7, 11) is -3.57. The predicted molar refractivity (Wildman–Crippen MR) is 95.8 cm³/mol. The van der Waals surface area contributed by atoms with Gasteiger partial charge < -0.3 is 5.32 Å². The van der Waals surface area contributed by atoms with Gasteiger partial charge in [-0.25, -0.2) is 8.42 Å². The molecule has 0 saturated carbocycles. The van der Waals surface area contributed by atoms with Crippen LogP contribution in [0.1, 0.15) is 24.8 Å². The monoisotopic (exact) mass is 380 g/mol. The van der Waals surface area contributed by atoms with Gasteiger partial charge in [0.25, 0.3) is 0 Å². The third-order valence-electron chi connectivity index (χ3n) is 4.14. The molecule has 1 aliphatic heterocycles. The molecule has 134 valence electrons. The maximum Gasteiger partial charge on any atom is 0.243 e. The van der Waals surface area contributed by atoms with Crippen molar-refractivity contribution in [1.82, 2.24) is 14.5 Å². The normalized spacial score (nSPS) is 18.8. The summed E-state index contributed by atoms with van der Waals surface area (Å²) in [5.41, 5.74) is 0. The number of nitrogens with zero attached hydrogens (tertiary/aromatic N) is 3. The van der Waals surface area contributed by atoms with E-state index in [0.29, 0.717) is 24.5 Å². The number of rotatable bonds is 5. The first-order valence-corrected chi connectivity index (χ1v) is 10.4. The Bertz CT molecular complexity index is 836. The van der Waals surface area contributed by atoms with Crippen molar-refractivity contribution in [2.45, 2.75) is 31.1 Å². The Labute approximate surface area is 151 Å². The number of aromatic nitrogens is 2. The van der Waals surface area contributed by atoms with E-state index in [1.165, 1.54) is 15.6 Å². The van der Waals surface area contributed by atoms with Crippen molar-refractivity contribution in [1.29, 1.82) is 0 Å². The molecule has 1 saturated heterocycles. The fraction of sp³-hybridized carbons (Fsp3) is 0.438. The van der Waals surface area contributed by atoms with Crippen LogP contribution in [0.15, 0.2) is 35.2 Å². The number of piperidine rings is 1. The Hall–Kier alpha value is -1.84. The minimum atomic E-state index is -3.57. The van der Waals surface area contributed by atoms with Gasteiger partial charge in [-0.3, -0.25) is 4.79 Å². The van der Waals surface area contributed by atoms with Gasteiger partial charge in [0.15, 0.2) is 0 Å². The molecule has 1 aromatic carbocycles. The van der Waals surface area contributed by atoms with E-state index in [2.05, 4.69) is 15.5 Å². The lowest BCUT2D eigenvalue weighted by atomic mass is 9.99. The van der Waals surface area contributed by atoms with Gasteiger partial charge in [-0.15, -0.1) is 10.2 Å². The van der Waals surface area contributed by atoms with Crippen LogP contribution in [0, 0.1) is 5.92 Å². The van der Waals surface area contributed by atoms with Crippen molar-refractivity contribution in [3.05, 3.63) is 35.3 Å². The van der Waals surface area contributed by atoms with Crippen LogP contribution in [0.4, 0.5) is 5.13 Å². The first-order valence-electron chi connectivity index (χ1n) is 8.19. The van der Waals surface area contributed by atoms with Gasteiger partial charge in [0, 0.05) is 13.1 Å². The zero-order chi connectivity index (χ0) is 17.9. The standard InChI is InChI=1S/C16H20N4O3S2/c1-2-14-18-19-16(24-14)17-15(21)12-7-6-10-20(11-12)25(22,23)13-8-4-3-5-9-13/h3-5,8-9,12H,2,6-7,10-11H2,1H3,(H,17,19,21)/t12-/m1/s1. The Kier molecular flexibility index (Phi) is 5.45. The third-order valence-corrected chi connectivity index (χ3v) is 7.00. The van der Waals surface area contributed by atoms with Crippen LogP contribution in [-0.2, 0) is 21.2 Å². The molecule has 0 radical (unpaired) electrons. The highest BCUT2D eigenvalue weighted by molar-refractivity contribution is 7.89. The summed E-state index contributed by atoms with van der Waals surface area (Å²) >= 11 is 1.34. The van der Waals surface area contributed by atoms with Gasteiger partial charge in [0.1, 0.15) is 5.01 Å². The van der Waals surface area contributed by atoms with E-state index in [1.54, 1.807) is 30.3 Å². The number of carbonyl (C=O) groups excluding carboxylic acids is 1. The largest absolute Gasteiger partial charge is 0.300 e. The lowest BCUT2D eigenvalue weighted by Gasteiger charge is -2.31. The van der Waals surface area contributed by atoms with Gasteiger partial charge >= 0.3 is 0 Å². The molecule has 9 heteroatoms. The lowest BCUT2D eigenvalue weighted by Crippen LogP contribution is -2.43. The van der Waals surface area contributed by atoms with Crippen molar-refractivity contribution in [3.8, 4) is 0 Å². The summed E-state index contributed by atoms with van der Waals surface area (Å²) in [5, 5.41) is 12.0. The fourth-order valence-corrected chi connectivity index (χ4v) is 5.00. The highest BCUT2D eigenvalue weighted by Crippen LogP contribution is 2.25. The quantitative estimate of drug-likeness (QED) is 0.858. The number of hydrogen-bond donors (Lipinski definition) is 1. The number of amides is 1. The molecule has 1 N–H and O–H groups in total. The Balaban J connectivity index is 1.69. The zero-order valence-electron chi connectivity index (χ0n) is 13.9. The van der Waals surface area contributed by atoms with Gasteiger partial charge in [-0.1, -0.05) is 36.5 Å². The molecule has 7 nitrogen and oxygen atoms in total. The highest BCUT2D eigenvalue weighted by atomic mass is 32.2. The van der Waals surface area contributed by atoms with Crippen LogP contribution >= 0.6 is 11.3 Å². The van der Waals surface area contributed by atoms with E-state index >= 15 is 0 Å². The van der Waals surface area contributed by atoms with Gasteiger partial charge in [0.05, 0.1) is 10.8 Å². The topological polar surface area (TPSA) is 92.3 Å². The summed E-state index contributed by atoms with van der Waals surface area (Å²) < 4.78 is 26.9. The number of aryl methyl sites for hydroxylation is 1. The second-order valence-electron chi connectivity index (χ2n) is 5.86. The zero-order valence-corrected chi connectivity index (χ0v) is 15.5. The average Bonchev–Trinajstić information content (AvgIpc) is 3.10. The van der Waals surface area contributed by atoms with Crippen LogP contribution < -0.4 is 5.32 Å². The number of carbonyl (C=O) groups is 1. The minimum Gasteiger partial charge on any atom is -0.300 e. The van der Waals surface area contributed by atoms with E-state index in [4.69, 9.17) is 0 Å². The highest BCUT2D eigenvalue weighted by Gasteiger charge is 2.33. The van der Waals surface area contributed by atoms with Crippen molar-refractivity contribution in [2.75, 3.05) is 18.4 Å². The number of benzene rings is 1. The molecule has 1 fully saturated rings. The molecule has 1 amide bonds. The maximum absolute atomic E-state index is 12.7. The average molecular weight is 380 g/mol. The lowest BCUT2D eigenvalue weighted by molar-refractivity contribution is -0.120. The second kappa shape index (κ2) is 7.59. The molecule has 3 rings (SSSR count). The summed E-state index contributed by atoms with van der Waals surface area (Å²) in [4.78, 5) is 12.7. The molecular formula is C16H20N4O3S2. The summed E-state index contributed by atoms with van der Waals surface area (Å²) in [6, 6.07) is 8.32. The molecule has 0 spiro atoms. The number of anilines is 1. The summed E-state index contributed by atoms with van der Waals surface area (Å²) in [6.45, 7) is 2.59. The van der Waals surface area contributed by atoms with E-state index in [1.807, 2.05) is 6.92 Å². The summed E-state index contributed by atoms with van der Waals surface area (Å²) in [6.07, 6.45) is 2.08. The number of sulfonamides is 1. The molecule has 1 atom stereocenters. The molecule has 0 bridgehead atoms. The minimum absolute atomic E-state index is 0.183. The molecular weight excluding hydrogens is 360 g/mol. The first-order chi connectivity index (χ1) is 12.0. The van der Waals surface area contributed by atoms with Crippen LogP contribution in [0.3, 0.4) is 0 Å². The van der Waals surface area contributed by atoms with Crippen molar-refractivity contribution in [3.63, 3.8) is 0 Å². The predicted octanol–water partition coefficient (Wildman–Crippen LogP) is 2.14. The van der Waals surface area contributed by atoms with Gasteiger partial charge in [-0.2, -0.15) is 4.31 Å². The van der Waals surface area contributed by atoms with Crippen LogP contribution in [0.25, 0.3) is 0 Å². The number of nitrogens with one attached hydrogen (secondary N) is 1. The van der Waals surface area contributed by atoms with E-state index < -0.39 is 10.0 Å². The SMILES string of the molecule is CCc1nnc(NC(=O)[C@@H]2CCCN(S(=O)(=O)c3ccccc3)C2)s1. The molecule has 2 heterocycles. The third kappa shape index (κ3) is 4.05. The van der Waals surface area contributed by atoms with Crippen molar-refractivity contribution < 1.29 is 13.2 Å². The maximum atomic E-state index is 12.7. The van der Waals surface area contributed by atoms with Crippen molar-refractivity contribution in [2.24, 2.45) is 5.92 Å². The van der Waals surface area contributed by atoms with Gasteiger partial charge in [0.2, 0.25) is 21.1 Å². The Morgan fingerprint density at radius 3 is 2.76 bits per heavy atom. The second-order valence-corrected chi connectivity index (χ2v) is 8.86. The molecule has 25 heavy (non-hydrogen) atoms. The fourth-order valence-electron chi connectivity index (χ4n) is 2.77. The first kappa shape index (κ1) is 18.0. The van der Waals surface area contributed by atoms with E-state index in [-0.39, 0.29) is 23.3 Å². The molecule has 2 aromatic rings. The number of hydrogen-bond acceptors (Lipinski definition) is 6. The van der Waals surface area contributed by atoms with Gasteiger partial charge in [-0.05, 0) is 31.4 Å². The van der Waals surface area contributed by atoms with Crippen LogP contribution in [0.5, 0.6) is 0 Å². The van der Waals surface area contributed by atoms with Crippen molar-refractivity contribution >= 4 is 32.4 Å². The smallest absolute Gasteiger partial charge is 0.243 e.